The van der Waals surface area contributed by atoms with E-state index in [0.717, 1.165) is 6.20 Å². The van der Waals surface area contributed by atoms with Gasteiger partial charge in [-0.25, -0.2) is 4.98 Å². The molecule has 0 saturated heterocycles. The van der Waals surface area contributed by atoms with Gasteiger partial charge in [-0.3, -0.25) is 10.1 Å². The third-order valence-electron chi connectivity index (χ3n) is 1.74. The van der Waals surface area contributed by atoms with E-state index in [1.165, 1.54) is 13.2 Å². The van der Waals surface area contributed by atoms with Crippen LogP contribution in [0.1, 0.15) is 6.92 Å². The van der Waals surface area contributed by atoms with Crippen LogP contribution in [0.5, 0.6) is 5.75 Å². The fourth-order valence-electron chi connectivity index (χ4n) is 1.12. The Morgan fingerprint density at radius 3 is 2.94 bits per heavy atom. The summed E-state index contributed by atoms with van der Waals surface area (Å²) in [7, 11) is 1.52. The molecule has 0 aliphatic carbocycles. The van der Waals surface area contributed by atoms with Gasteiger partial charge in [-0.2, -0.15) is 0 Å². The molecule has 0 bridgehead atoms. The van der Waals surface area contributed by atoms with Gasteiger partial charge in [-0.05, 0) is 6.92 Å². The maximum atomic E-state index is 10.7. The first-order chi connectivity index (χ1) is 7.54. The Balaban J connectivity index is 2.92. The third kappa shape index (κ3) is 3.32. The van der Waals surface area contributed by atoms with Crippen LogP contribution >= 0.6 is 11.6 Å². The first-order valence-electron chi connectivity index (χ1n) is 4.50. The highest BCUT2D eigenvalue weighted by Gasteiger charge is 2.18. The largest absolute Gasteiger partial charge is 0.481 e. The van der Waals surface area contributed by atoms with Gasteiger partial charge in [0.05, 0.1) is 11.5 Å². The molecular weight excluding hydrogens is 236 g/mol. The number of nitrogens with zero attached hydrogens (tertiary/aromatic N) is 2. The molecule has 0 radical (unpaired) electrons. The van der Waals surface area contributed by atoms with Crippen LogP contribution in [0.4, 0.5) is 5.69 Å². The highest BCUT2D eigenvalue weighted by atomic mass is 35.5. The van der Waals surface area contributed by atoms with Crippen LogP contribution in [0.25, 0.3) is 0 Å². The number of hydrogen-bond donors (Lipinski definition) is 0. The fourth-order valence-corrected chi connectivity index (χ4v) is 1.27. The van der Waals surface area contributed by atoms with Crippen LogP contribution in [0.2, 0.25) is 5.15 Å². The zero-order valence-corrected chi connectivity index (χ0v) is 9.60. The second kappa shape index (κ2) is 5.62. The van der Waals surface area contributed by atoms with E-state index < -0.39 is 4.92 Å². The number of ether oxygens (including phenoxy) is 2. The molecule has 0 aliphatic rings. The molecule has 6 nitrogen and oxygen atoms in total. The highest BCUT2D eigenvalue weighted by molar-refractivity contribution is 6.29. The van der Waals surface area contributed by atoms with Crippen molar-refractivity contribution in [3.63, 3.8) is 0 Å². The lowest BCUT2D eigenvalue weighted by Crippen LogP contribution is -2.18. The summed E-state index contributed by atoms with van der Waals surface area (Å²) in [6.45, 7) is 2.07. The Morgan fingerprint density at radius 2 is 2.38 bits per heavy atom. The summed E-state index contributed by atoms with van der Waals surface area (Å²) in [6.07, 6.45) is 0.763. The van der Waals surface area contributed by atoms with Crippen LogP contribution in [-0.2, 0) is 4.74 Å². The lowest BCUT2D eigenvalue weighted by molar-refractivity contribution is -0.386. The van der Waals surface area contributed by atoms with Crippen molar-refractivity contribution in [3.05, 3.63) is 27.5 Å². The summed E-state index contributed by atoms with van der Waals surface area (Å²) < 4.78 is 10.2. The molecule has 1 rings (SSSR count). The average molecular weight is 247 g/mol. The average Bonchev–Trinajstić information content (AvgIpc) is 2.17. The Bertz CT molecular complexity index is 386. The first-order valence-corrected chi connectivity index (χ1v) is 4.88. The van der Waals surface area contributed by atoms with E-state index in [2.05, 4.69) is 4.98 Å². The van der Waals surface area contributed by atoms with E-state index in [1.807, 2.05) is 0 Å². The number of nitro groups is 1. The van der Waals surface area contributed by atoms with Gasteiger partial charge in [-0.1, -0.05) is 11.6 Å². The van der Waals surface area contributed by atoms with Gasteiger partial charge in [0.25, 0.3) is 0 Å². The molecule has 16 heavy (non-hydrogen) atoms. The van der Waals surface area contributed by atoms with E-state index in [0.29, 0.717) is 6.61 Å². The standard InChI is InChI=1S/C9H11ClN2O4/c1-6(5-15-2)16-8-3-9(10)11-4-7(8)12(13)14/h3-4,6H,5H2,1-2H3. The maximum Gasteiger partial charge on any atom is 0.329 e. The van der Waals surface area contributed by atoms with Crippen molar-refractivity contribution in [2.45, 2.75) is 13.0 Å². The van der Waals surface area contributed by atoms with Gasteiger partial charge in [0.15, 0.2) is 0 Å². The Kier molecular flexibility index (Phi) is 4.45. The molecule has 1 atom stereocenters. The molecule has 0 fully saturated rings. The molecule has 7 heteroatoms. The molecule has 1 aromatic rings. The summed E-state index contributed by atoms with van der Waals surface area (Å²) in [5.41, 5.74) is -0.215. The molecule has 1 aromatic heterocycles. The number of aromatic nitrogens is 1. The molecule has 0 saturated carbocycles. The molecule has 1 heterocycles. The summed E-state index contributed by atoms with van der Waals surface area (Å²) >= 11 is 5.64. The lowest BCUT2D eigenvalue weighted by atomic mass is 10.3. The molecular formula is C9H11ClN2O4. The van der Waals surface area contributed by atoms with Crippen LogP contribution in [0.15, 0.2) is 12.3 Å². The third-order valence-corrected chi connectivity index (χ3v) is 1.95. The molecule has 0 amide bonds. The summed E-state index contributed by atoms with van der Waals surface area (Å²) in [5.74, 6) is 0.0922. The topological polar surface area (TPSA) is 74.5 Å². The number of halogens is 1. The number of methoxy groups -OCH3 is 1. The van der Waals surface area contributed by atoms with Crippen molar-refractivity contribution < 1.29 is 14.4 Å². The molecule has 0 spiro atoms. The molecule has 0 aromatic carbocycles. The Morgan fingerprint density at radius 1 is 1.69 bits per heavy atom. The second-order valence-electron chi connectivity index (χ2n) is 3.12. The van der Waals surface area contributed by atoms with E-state index >= 15 is 0 Å². The number of hydrogen-bond acceptors (Lipinski definition) is 5. The Labute approximate surface area is 97.3 Å². The van der Waals surface area contributed by atoms with Crippen LogP contribution in [0, 0.1) is 10.1 Å². The van der Waals surface area contributed by atoms with Gasteiger partial charge >= 0.3 is 5.69 Å². The zero-order valence-electron chi connectivity index (χ0n) is 8.84. The van der Waals surface area contributed by atoms with E-state index in [-0.39, 0.29) is 22.7 Å². The minimum absolute atomic E-state index is 0.0922. The van der Waals surface area contributed by atoms with Crippen LogP contribution < -0.4 is 4.74 Å². The maximum absolute atomic E-state index is 10.7. The molecule has 1 unspecified atom stereocenters. The van der Waals surface area contributed by atoms with Gasteiger partial charge in [0, 0.05) is 13.2 Å². The van der Waals surface area contributed by atoms with Crippen molar-refractivity contribution in [1.29, 1.82) is 0 Å². The van der Waals surface area contributed by atoms with Gasteiger partial charge in [-0.15, -0.1) is 0 Å². The van der Waals surface area contributed by atoms with Crippen molar-refractivity contribution in [2.24, 2.45) is 0 Å². The van der Waals surface area contributed by atoms with Crippen LogP contribution in [-0.4, -0.2) is 29.7 Å². The first kappa shape index (κ1) is 12.7. The normalized spacial score (nSPS) is 12.2. The van der Waals surface area contributed by atoms with E-state index in [9.17, 15) is 10.1 Å². The lowest BCUT2D eigenvalue weighted by Gasteiger charge is -2.13. The molecule has 0 aliphatic heterocycles. The van der Waals surface area contributed by atoms with E-state index in [1.54, 1.807) is 6.92 Å². The predicted octanol–water partition coefficient (Wildman–Crippen LogP) is 2.06. The van der Waals surface area contributed by atoms with Crippen LogP contribution in [0.3, 0.4) is 0 Å². The number of pyridine rings is 1. The fraction of sp³-hybridized carbons (Fsp3) is 0.444. The monoisotopic (exact) mass is 246 g/mol. The van der Waals surface area contributed by atoms with Crippen molar-refractivity contribution in [2.75, 3.05) is 13.7 Å². The molecule has 0 N–H and O–H groups in total. The minimum atomic E-state index is -0.571. The van der Waals surface area contributed by atoms with Crippen molar-refractivity contribution in [3.8, 4) is 5.75 Å². The van der Waals surface area contributed by atoms with Gasteiger partial charge < -0.3 is 9.47 Å². The van der Waals surface area contributed by atoms with Crippen molar-refractivity contribution >= 4 is 17.3 Å². The number of rotatable bonds is 5. The van der Waals surface area contributed by atoms with Gasteiger partial charge in [0.2, 0.25) is 5.75 Å². The van der Waals surface area contributed by atoms with E-state index in [4.69, 9.17) is 21.1 Å². The predicted molar refractivity (Wildman–Crippen MR) is 57.9 cm³/mol. The SMILES string of the molecule is COCC(C)Oc1cc(Cl)ncc1[N+](=O)[O-]. The smallest absolute Gasteiger partial charge is 0.329 e. The summed E-state index contributed by atoms with van der Waals surface area (Å²) in [6, 6.07) is 1.31. The quantitative estimate of drug-likeness (QED) is 0.452. The second-order valence-corrected chi connectivity index (χ2v) is 3.50. The summed E-state index contributed by atoms with van der Waals surface area (Å²) in [5, 5.41) is 10.8. The minimum Gasteiger partial charge on any atom is -0.481 e. The Hall–Kier alpha value is -1.40. The summed E-state index contributed by atoms with van der Waals surface area (Å²) in [4.78, 5) is 13.7. The van der Waals surface area contributed by atoms with Gasteiger partial charge in [0.1, 0.15) is 17.5 Å². The van der Waals surface area contributed by atoms with Crippen molar-refractivity contribution in [1.82, 2.24) is 4.98 Å². The molecule has 88 valence electrons. The zero-order chi connectivity index (χ0) is 12.1. The highest BCUT2D eigenvalue weighted by Crippen LogP contribution is 2.28.